The maximum Gasteiger partial charge on any atom is 0.147 e. The molecule has 0 bridgehead atoms. The molecule has 0 atom stereocenters. The van der Waals surface area contributed by atoms with Gasteiger partial charge in [0.1, 0.15) is 5.82 Å². The van der Waals surface area contributed by atoms with Crippen LogP contribution in [0.3, 0.4) is 0 Å². The van der Waals surface area contributed by atoms with E-state index in [9.17, 15) is 0 Å². The standard InChI is InChI=1S/C14H18N4/c1-10-6-7-11(9-13(10)18(2)3)17-12-5-4-8-16-14(12)15/h4-9,17H,1-3H3,(H2,15,16). The van der Waals surface area contributed by atoms with Crippen molar-refractivity contribution < 1.29 is 0 Å². The van der Waals surface area contributed by atoms with Crippen LogP contribution in [0.2, 0.25) is 0 Å². The van der Waals surface area contributed by atoms with E-state index >= 15 is 0 Å². The van der Waals surface area contributed by atoms with E-state index in [1.54, 1.807) is 6.20 Å². The highest BCUT2D eigenvalue weighted by molar-refractivity contribution is 5.72. The van der Waals surface area contributed by atoms with Gasteiger partial charge in [-0.2, -0.15) is 0 Å². The number of hydrogen-bond acceptors (Lipinski definition) is 4. The Kier molecular flexibility index (Phi) is 3.37. The molecule has 18 heavy (non-hydrogen) atoms. The van der Waals surface area contributed by atoms with Crippen molar-refractivity contribution in [3.63, 3.8) is 0 Å². The van der Waals surface area contributed by atoms with E-state index < -0.39 is 0 Å². The van der Waals surface area contributed by atoms with Gasteiger partial charge in [-0.3, -0.25) is 0 Å². The molecule has 0 amide bonds. The van der Waals surface area contributed by atoms with E-state index in [2.05, 4.69) is 34.3 Å². The first-order valence-electron chi connectivity index (χ1n) is 5.83. The quantitative estimate of drug-likeness (QED) is 0.869. The number of aryl methyl sites for hydroxylation is 1. The molecule has 0 aliphatic heterocycles. The van der Waals surface area contributed by atoms with Gasteiger partial charge >= 0.3 is 0 Å². The first-order valence-corrected chi connectivity index (χ1v) is 5.83. The van der Waals surface area contributed by atoms with Gasteiger partial charge in [0.2, 0.25) is 0 Å². The molecule has 0 saturated carbocycles. The Morgan fingerprint density at radius 1 is 1.22 bits per heavy atom. The second-order valence-electron chi connectivity index (χ2n) is 4.46. The van der Waals surface area contributed by atoms with Crippen molar-refractivity contribution in [2.24, 2.45) is 0 Å². The van der Waals surface area contributed by atoms with Crippen molar-refractivity contribution in [1.82, 2.24) is 4.98 Å². The average Bonchev–Trinajstić information content (AvgIpc) is 2.34. The summed E-state index contributed by atoms with van der Waals surface area (Å²) in [5.74, 6) is 0.504. The lowest BCUT2D eigenvalue weighted by Gasteiger charge is -2.17. The number of pyridine rings is 1. The summed E-state index contributed by atoms with van der Waals surface area (Å²) in [5.41, 5.74) is 10.1. The minimum absolute atomic E-state index is 0.504. The predicted octanol–water partition coefficient (Wildman–Crippen LogP) is 2.78. The minimum atomic E-state index is 0.504. The van der Waals surface area contributed by atoms with Crippen molar-refractivity contribution in [1.29, 1.82) is 0 Å². The molecule has 0 saturated heterocycles. The third-order valence-electron chi connectivity index (χ3n) is 2.81. The van der Waals surface area contributed by atoms with Crippen LogP contribution in [0.25, 0.3) is 0 Å². The Balaban J connectivity index is 2.30. The number of nitrogens with zero attached hydrogens (tertiary/aromatic N) is 2. The second-order valence-corrected chi connectivity index (χ2v) is 4.46. The van der Waals surface area contributed by atoms with Gasteiger partial charge in [0.15, 0.2) is 0 Å². The van der Waals surface area contributed by atoms with Gasteiger partial charge in [-0.15, -0.1) is 0 Å². The Labute approximate surface area is 107 Å². The maximum atomic E-state index is 5.81. The van der Waals surface area contributed by atoms with E-state index in [0.29, 0.717) is 5.82 Å². The minimum Gasteiger partial charge on any atom is -0.382 e. The molecule has 1 heterocycles. The van der Waals surface area contributed by atoms with Crippen molar-refractivity contribution >= 4 is 22.9 Å². The molecule has 3 N–H and O–H groups in total. The summed E-state index contributed by atoms with van der Waals surface area (Å²) >= 11 is 0. The zero-order chi connectivity index (χ0) is 13.1. The Bertz CT molecular complexity index is 549. The summed E-state index contributed by atoms with van der Waals surface area (Å²) < 4.78 is 0. The van der Waals surface area contributed by atoms with Crippen LogP contribution in [0.1, 0.15) is 5.56 Å². The number of nitrogen functional groups attached to an aromatic ring is 1. The van der Waals surface area contributed by atoms with Crippen molar-refractivity contribution in [3.05, 3.63) is 42.1 Å². The molecule has 1 aromatic heterocycles. The highest BCUT2D eigenvalue weighted by atomic mass is 15.1. The van der Waals surface area contributed by atoms with Crippen LogP contribution in [0.4, 0.5) is 22.9 Å². The lowest BCUT2D eigenvalue weighted by Crippen LogP contribution is -2.10. The first-order chi connectivity index (χ1) is 8.58. The summed E-state index contributed by atoms with van der Waals surface area (Å²) in [7, 11) is 4.06. The molecule has 0 unspecified atom stereocenters. The number of benzene rings is 1. The van der Waals surface area contributed by atoms with Crippen LogP contribution in [0, 0.1) is 6.92 Å². The number of nitrogens with two attached hydrogens (primary N) is 1. The monoisotopic (exact) mass is 242 g/mol. The summed E-state index contributed by atoms with van der Waals surface area (Å²) in [6, 6.07) is 10.00. The molecule has 0 aliphatic rings. The number of rotatable bonds is 3. The van der Waals surface area contributed by atoms with Crippen LogP contribution < -0.4 is 16.0 Å². The SMILES string of the molecule is Cc1ccc(Nc2cccnc2N)cc1N(C)C. The molecule has 1 aromatic carbocycles. The van der Waals surface area contributed by atoms with Gasteiger partial charge in [-0.25, -0.2) is 4.98 Å². The zero-order valence-corrected chi connectivity index (χ0v) is 10.9. The van der Waals surface area contributed by atoms with Crippen LogP contribution in [-0.4, -0.2) is 19.1 Å². The van der Waals surface area contributed by atoms with Gasteiger partial charge < -0.3 is 16.0 Å². The summed E-state index contributed by atoms with van der Waals surface area (Å²) in [6.07, 6.45) is 1.68. The highest BCUT2D eigenvalue weighted by Gasteiger charge is 2.04. The largest absolute Gasteiger partial charge is 0.382 e. The summed E-state index contributed by atoms with van der Waals surface area (Å²) in [5, 5.41) is 3.28. The van der Waals surface area contributed by atoms with Crippen molar-refractivity contribution in [2.45, 2.75) is 6.92 Å². The molecule has 94 valence electrons. The number of aromatic nitrogens is 1. The predicted molar refractivity (Wildman–Crippen MR) is 77.4 cm³/mol. The fourth-order valence-electron chi connectivity index (χ4n) is 1.85. The van der Waals surface area contributed by atoms with Gasteiger partial charge in [0, 0.05) is 31.7 Å². The molecule has 2 aromatic rings. The topological polar surface area (TPSA) is 54.2 Å². The molecule has 0 aliphatic carbocycles. The fraction of sp³-hybridized carbons (Fsp3) is 0.214. The van der Waals surface area contributed by atoms with Gasteiger partial charge in [0.25, 0.3) is 0 Å². The Morgan fingerprint density at radius 2 is 2.00 bits per heavy atom. The van der Waals surface area contributed by atoms with E-state index in [0.717, 1.165) is 11.4 Å². The van der Waals surface area contributed by atoms with Crippen LogP contribution in [0.15, 0.2) is 36.5 Å². The number of nitrogens with one attached hydrogen (secondary N) is 1. The second kappa shape index (κ2) is 4.96. The average molecular weight is 242 g/mol. The number of hydrogen-bond donors (Lipinski definition) is 2. The van der Waals surface area contributed by atoms with Crippen LogP contribution >= 0.6 is 0 Å². The Hall–Kier alpha value is -2.23. The van der Waals surface area contributed by atoms with Gasteiger partial charge in [-0.05, 0) is 36.8 Å². The van der Waals surface area contributed by atoms with Crippen LogP contribution in [0.5, 0.6) is 0 Å². The van der Waals surface area contributed by atoms with E-state index in [-0.39, 0.29) is 0 Å². The molecule has 4 nitrogen and oxygen atoms in total. The number of anilines is 4. The lowest BCUT2D eigenvalue weighted by atomic mass is 10.1. The lowest BCUT2D eigenvalue weighted by molar-refractivity contribution is 1.11. The summed E-state index contributed by atoms with van der Waals surface area (Å²) in [4.78, 5) is 6.15. The van der Waals surface area contributed by atoms with E-state index in [4.69, 9.17) is 5.73 Å². The van der Waals surface area contributed by atoms with E-state index in [1.807, 2.05) is 32.3 Å². The van der Waals surface area contributed by atoms with Crippen molar-refractivity contribution in [2.75, 3.05) is 30.0 Å². The molecule has 4 heteroatoms. The fourth-order valence-corrected chi connectivity index (χ4v) is 1.85. The molecular weight excluding hydrogens is 224 g/mol. The maximum absolute atomic E-state index is 5.81. The smallest absolute Gasteiger partial charge is 0.147 e. The Morgan fingerprint density at radius 3 is 2.67 bits per heavy atom. The normalized spacial score (nSPS) is 10.2. The van der Waals surface area contributed by atoms with Gasteiger partial charge in [-0.1, -0.05) is 6.07 Å². The summed E-state index contributed by atoms with van der Waals surface area (Å²) in [6.45, 7) is 2.09. The molecule has 2 rings (SSSR count). The third kappa shape index (κ3) is 2.53. The zero-order valence-electron chi connectivity index (χ0n) is 10.9. The molecule has 0 fully saturated rings. The molecular formula is C14H18N4. The molecule has 0 spiro atoms. The first kappa shape index (κ1) is 12.2. The van der Waals surface area contributed by atoms with Gasteiger partial charge in [0.05, 0.1) is 5.69 Å². The highest BCUT2D eigenvalue weighted by Crippen LogP contribution is 2.26. The third-order valence-corrected chi connectivity index (χ3v) is 2.81. The van der Waals surface area contributed by atoms with Crippen molar-refractivity contribution in [3.8, 4) is 0 Å². The molecule has 0 radical (unpaired) electrons. The van der Waals surface area contributed by atoms with E-state index in [1.165, 1.54) is 11.3 Å². The van der Waals surface area contributed by atoms with Crippen LogP contribution in [-0.2, 0) is 0 Å².